The molecule has 0 unspecified atom stereocenters. The van der Waals surface area contributed by atoms with Crippen molar-refractivity contribution in [1.29, 1.82) is 0 Å². The van der Waals surface area contributed by atoms with Crippen LogP contribution < -0.4 is 5.14 Å². The second kappa shape index (κ2) is 6.46. The van der Waals surface area contributed by atoms with Crippen LogP contribution in [0.4, 0.5) is 0 Å². The van der Waals surface area contributed by atoms with Gasteiger partial charge in [-0.3, -0.25) is 10.1 Å². The molecular formula is C16H14N4O4S. The van der Waals surface area contributed by atoms with Crippen LogP contribution >= 0.6 is 0 Å². The van der Waals surface area contributed by atoms with Crippen LogP contribution in [0.2, 0.25) is 0 Å². The lowest BCUT2D eigenvalue weighted by Crippen LogP contribution is -2.11. The molecule has 0 aliphatic heterocycles. The molecule has 3 rings (SSSR count). The predicted octanol–water partition coefficient (Wildman–Crippen LogP) is 1.41. The lowest BCUT2D eigenvalue weighted by Gasteiger charge is -2.06. The van der Waals surface area contributed by atoms with Crippen LogP contribution in [0.3, 0.4) is 0 Å². The number of aromatic carboxylic acids is 1. The number of sulfonamides is 1. The van der Waals surface area contributed by atoms with Crippen molar-refractivity contribution in [2.75, 3.05) is 0 Å². The van der Waals surface area contributed by atoms with Crippen molar-refractivity contribution >= 4 is 16.0 Å². The standard InChI is InChI=1S/C16H14N4O4S/c17-25(23,24)12-3-1-10(2-4-12)9-13-14(11-5-7-18-8-6-11)15(16(21)22)20-19-13/h1-8H,9H2,(H,19,20)(H,21,22)(H2,17,23,24). The molecule has 0 fully saturated rings. The largest absolute Gasteiger partial charge is 0.476 e. The van der Waals surface area contributed by atoms with Gasteiger partial charge >= 0.3 is 5.97 Å². The normalized spacial score (nSPS) is 11.4. The van der Waals surface area contributed by atoms with Crippen molar-refractivity contribution in [3.05, 3.63) is 65.7 Å². The molecule has 0 aliphatic carbocycles. The smallest absolute Gasteiger partial charge is 0.357 e. The van der Waals surface area contributed by atoms with E-state index in [1.807, 2.05) is 0 Å². The Bertz CT molecular complexity index is 1010. The first-order chi connectivity index (χ1) is 11.9. The van der Waals surface area contributed by atoms with E-state index in [2.05, 4.69) is 15.2 Å². The van der Waals surface area contributed by atoms with E-state index < -0.39 is 16.0 Å². The number of carboxylic acids is 1. The van der Waals surface area contributed by atoms with Crippen molar-refractivity contribution in [2.45, 2.75) is 11.3 Å². The Kier molecular flexibility index (Phi) is 4.34. The zero-order chi connectivity index (χ0) is 18.0. The summed E-state index contributed by atoms with van der Waals surface area (Å²) >= 11 is 0. The fourth-order valence-electron chi connectivity index (χ4n) is 2.49. The van der Waals surface area contributed by atoms with Crippen LogP contribution in [0.25, 0.3) is 11.1 Å². The number of nitrogens with two attached hydrogens (primary N) is 1. The van der Waals surface area contributed by atoms with Crippen molar-refractivity contribution in [1.82, 2.24) is 15.2 Å². The van der Waals surface area contributed by atoms with Gasteiger partial charge in [-0.05, 0) is 35.4 Å². The van der Waals surface area contributed by atoms with Crippen molar-refractivity contribution in [2.24, 2.45) is 5.14 Å². The van der Waals surface area contributed by atoms with Gasteiger partial charge in [0.15, 0.2) is 5.69 Å². The SMILES string of the molecule is NS(=O)(=O)c1ccc(Cc2[nH]nc(C(=O)O)c2-c2ccncc2)cc1. The van der Waals surface area contributed by atoms with Gasteiger partial charge in [0, 0.05) is 30.1 Å². The zero-order valence-corrected chi connectivity index (χ0v) is 13.7. The summed E-state index contributed by atoms with van der Waals surface area (Å²) < 4.78 is 22.6. The van der Waals surface area contributed by atoms with E-state index in [1.54, 1.807) is 36.7 Å². The van der Waals surface area contributed by atoms with E-state index in [9.17, 15) is 18.3 Å². The van der Waals surface area contributed by atoms with Gasteiger partial charge in [0.2, 0.25) is 10.0 Å². The van der Waals surface area contributed by atoms with E-state index in [4.69, 9.17) is 5.14 Å². The van der Waals surface area contributed by atoms with E-state index in [1.165, 1.54) is 12.1 Å². The summed E-state index contributed by atoms with van der Waals surface area (Å²) in [5.74, 6) is -1.14. The van der Waals surface area contributed by atoms with Crippen LogP contribution in [0.15, 0.2) is 53.7 Å². The molecule has 0 amide bonds. The molecular weight excluding hydrogens is 344 g/mol. The molecule has 0 saturated heterocycles. The average molecular weight is 358 g/mol. The number of carbonyl (C=O) groups is 1. The molecule has 2 heterocycles. The van der Waals surface area contributed by atoms with Crippen molar-refractivity contribution in [3.8, 4) is 11.1 Å². The molecule has 3 aromatic rings. The maximum atomic E-state index is 11.4. The zero-order valence-electron chi connectivity index (χ0n) is 12.9. The van der Waals surface area contributed by atoms with Gasteiger partial charge in [0.05, 0.1) is 4.90 Å². The number of nitrogens with zero attached hydrogens (tertiary/aromatic N) is 2. The first kappa shape index (κ1) is 16.8. The summed E-state index contributed by atoms with van der Waals surface area (Å²) in [4.78, 5) is 15.4. The van der Waals surface area contributed by atoms with E-state index >= 15 is 0 Å². The first-order valence-electron chi connectivity index (χ1n) is 7.19. The van der Waals surface area contributed by atoms with Crippen molar-refractivity contribution < 1.29 is 18.3 Å². The van der Waals surface area contributed by atoms with Gasteiger partial charge in [0.25, 0.3) is 0 Å². The second-order valence-corrected chi connectivity index (χ2v) is 6.89. The Balaban J connectivity index is 2.00. The quantitative estimate of drug-likeness (QED) is 0.630. The van der Waals surface area contributed by atoms with Crippen LogP contribution in [0, 0.1) is 0 Å². The number of pyridine rings is 1. The molecule has 0 saturated carbocycles. The summed E-state index contributed by atoms with van der Waals surface area (Å²) in [6.45, 7) is 0. The van der Waals surface area contributed by atoms with Crippen LogP contribution in [-0.2, 0) is 16.4 Å². The summed E-state index contributed by atoms with van der Waals surface area (Å²) in [5.41, 5.74) is 2.46. The third-order valence-electron chi connectivity index (χ3n) is 3.65. The highest BCUT2D eigenvalue weighted by molar-refractivity contribution is 7.89. The van der Waals surface area contributed by atoms with Crippen LogP contribution in [0.5, 0.6) is 0 Å². The molecule has 2 aromatic heterocycles. The number of nitrogens with one attached hydrogen (secondary N) is 1. The lowest BCUT2D eigenvalue weighted by atomic mass is 10.00. The minimum absolute atomic E-state index is 0.0152. The maximum Gasteiger partial charge on any atom is 0.357 e. The molecule has 0 radical (unpaired) electrons. The molecule has 1 aromatic carbocycles. The molecule has 4 N–H and O–H groups in total. The summed E-state index contributed by atoms with van der Waals surface area (Å²) in [5, 5.41) is 21.1. The monoisotopic (exact) mass is 358 g/mol. The molecule has 0 aliphatic rings. The van der Waals surface area contributed by atoms with Crippen LogP contribution in [-0.4, -0.2) is 34.7 Å². The summed E-state index contributed by atoms with van der Waals surface area (Å²) in [7, 11) is -3.76. The number of aromatic nitrogens is 3. The minimum atomic E-state index is -3.76. The second-order valence-electron chi connectivity index (χ2n) is 5.33. The molecule has 0 bridgehead atoms. The molecule has 128 valence electrons. The van der Waals surface area contributed by atoms with Gasteiger partial charge < -0.3 is 5.11 Å². The lowest BCUT2D eigenvalue weighted by molar-refractivity contribution is 0.0691. The average Bonchev–Trinajstić information content (AvgIpc) is 2.99. The number of H-pyrrole nitrogens is 1. The van der Waals surface area contributed by atoms with Gasteiger partial charge in [-0.15, -0.1) is 0 Å². The first-order valence-corrected chi connectivity index (χ1v) is 8.73. The maximum absolute atomic E-state index is 11.4. The number of carboxylic acid groups (broad SMARTS) is 1. The Labute approximate surface area is 143 Å². The Morgan fingerprint density at radius 2 is 1.76 bits per heavy atom. The van der Waals surface area contributed by atoms with Gasteiger partial charge in [-0.2, -0.15) is 5.10 Å². The Hall–Kier alpha value is -3.04. The fraction of sp³-hybridized carbons (Fsp3) is 0.0625. The van der Waals surface area contributed by atoms with E-state index in [0.29, 0.717) is 23.2 Å². The third kappa shape index (κ3) is 3.57. The van der Waals surface area contributed by atoms with Gasteiger partial charge in [-0.25, -0.2) is 18.4 Å². The minimum Gasteiger partial charge on any atom is -0.476 e. The molecule has 9 heteroatoms. The van der Waals surface area contributed by atoms with Gasteiger partial charge in [-0.1, -0.05) is 12.1 Å². The van der Waals surface area contributed by atoms with Crippen molar-refractivity contribution in [3.63, 3.8) is 0 Å². The van der Waals surface area contributed by atoms with Crippen LogP contribution in [0.1, 0.15) is 21.7 Å². The number of aromatic amines is 1. The number of primary sulfonamides is 1. The van der Waals surface area contributed by atoms with E-state index in [-0.39, 0.29) is 10.6 Å². The molecule has 0 spiro atoms. The number of benzene rings is 1. The molecule has 25 heavy (non-hydrogen) atoms. The fourth-order valence-corrected chi connectivity index (χ4v) is 3.01. The number of rotatable bonds is 5. The molecule has 8 nitrogen and oxygen atoms in total. The highest BCUT2D eigenvalue weighted by Gasteiger charge is 2.20. The molecule has 0 atom stereocenters. The third-order valence-corrected chi connectivity index (χ3v) is 4.57. The highest BCUT2D eigenvalue weighted by atomic mass is 32.2. The van der Waals surface area contributed by atoms with Gasteiger partial charge in [0.1, 0.15) is 0 Å². The predicted molar refractivity (Wildman–Crippen MR) is 89.4 cm³/mol. The summed E-state index contributed by atoms with van der Waals surface area (Å²) in [6.07, 6.45) is 3.49. The van der Waals surface area contributed by atoms with E-state index in [0.717, 1.165) is 5.56 Å². The number of hydrogen-bond acceptors (Lipinski definition) is 5. The topological polar surface area (TPSA) is 139 Å². The number of hydrogen-bond donors (Lipinski definition) is 3. The highest BCUT2D eigenvalue weighted by Crippen LogP contribution is 2.27. The Morgan fingerprint density at radius 3 is 2.32 bits per heavy atom. The summed E-state index contributed by atoms with van der Waals surface area (Å²) in [6, 6.07) is 9.46. The Morgan fingerprint density at radius 1 is 1.12 bits per heavy atom.